The first-order chi connectivity index (χ1) is 13.4. The number of carbonyl (C=O) groups excluding carboxylic acids is 1. The summed E-state index contributed by atoms with van der Waals surface area (Å²) < 4.78 is 33.5. The van der Waals surface area contributed by atoms with Crippen molar-refractivity contribution in [3.8, 4) is 0 Å². The highest BCUT2D eigenvalue weighted by molar-refractivity contribution is 8.00. The van der Waals surface area contributed by atoms with Crippen molar-refractivity contribution in [3.63, 3.8) is 0 Å². The number of hydrogen-bond acceptors (Lipinski definition) is 5. The molecule has 0 aliphatic rings. The second-order valence-electron chi connectivity index (χ2n) is 6.14. The predicted molar refractivity (Wildman–Crippen MR) is 115 cm³/mol. The van der Waals surface area contributed by atoms with E-state index in [-0.39, 0.29) is 11.5 Å². The Morgan fingerprint density at radius 2 is 1.79 bits per heavy atom. The standard InChI is InChI=1S/C21H25NO4S2/c1-4-26-21(23)20(27-3)19(15-12-17-8-6-5-7-9-17)22-28(24,25)18-13-10-16(2)11-14-18/h5-15,19-20,22H,4H2,1-3H3/b15-12+/t19-,20-/m1/s1. The minimum atomic E-state index is -3.81. The maximum Gasteiger partial charge on any atom is 0.321 e. The number of esters is 1. The zero-order chi connectivity index (χ0) is 20.6. The predicted octanol–water partition coefficient (Wildman–Crippen LogP) is 3.65. The van der Waals surface area contributed by atoms with Crippen LogP contribution in [0.2, 0.25) is 0 Å². The highest BCUT2D eigenvalue weighted by atomic mass is 32.2. The van der Waals surface area contributed by atoms with Crippen LogP contribution in [0, 0.1) is 6.92 Å². The molecule has 0 fully saturated rings. The van der Waals surface area contributed by atoms with Crippen molar-refractivity contribution < 1.29 is 17.9 Å². The minimum absolute atomic E-state index is 0.153. The third-order valence-electron chi connectivity index (χ3n) is 4.02. The Morgan fingerprint density at radius 3 is 2.36 bits per heavy atom. The van der Waals surface area contributed by atoms with Gasteiger partial charge in [-0.05, 0) is 37.8 Å². The number of rotatable bonds is 9. The van der Waals surface area contributed by atoms with Crippen LogP contribution in [0.3, 0.4) is 0 Å². The highest BCUT2D eigenvalue weighted by Gasteiger charge is 2.31. The third-order valence-corrected chi connectivity index (χ3v) is 6.49. The molecule has 2 aromatic rings. The van der Waals surface area contributed by atoms with E-state index in [0.717, 1.165) is 11.1 Å². The number of ether oxygens (including phenoxy) is 1. The molecule has 28 heavy (non-hydrogen) atoms. The van der Waals surface area contributed by atoms with Gasteiger partial charge in [0.05, 0.1) is 17.5 Å². The van der Waals surface area contributed by atoms with Crippen LogP contribution < -0.4 is 4.72 Å². The molecule has 2 aromatic carbocycles. The first-order valence-corrected chi connectivity index (χ1v) is 11.7. The van der Waals surface area contributed by atoms with E-state index in [1.807, 2.05) is 37.3 Å². The van der Waals surface area contributed by atoms with Gasteiger partial charge < -0.3 is 4.74 Å². The molecule has 2 atom stereocenters. The molecule has 0 aromatic heterocycles. The van der Waals surface area contributed by atoms with E-state index >= 15 is 0 Å². The second kappa shape index (κ2) is 10.5. The lowest BCUT2D eigenvalue weighted by atomic mass is 10.1. The van der Waals surface area contributed by atoms with Crippen LogP contribution in [0.4, 0.5) is 0 Å². The summed E-state index contributed by atoms with van der Waals surface area (Å²) in [6, 6.07) is 15.3. The van der Waals surface area contributed by atoms with Crippen molar-refractivity contribution in [2.45, 2.75) is 30.0 Å². The fraction of sp³-hybridized carbons (Fsp3) is 0.286. The van der Waals surface area contributed by atoms with Gasteiger partial charge in [-0.1, -0.05) is 60.2 Å². The fourth-order valence-corrected chi connectivity index (χ4v) is 4.56. The SMILES string of the molecule is CCOC(=O)[C@H](SC)[C@@H](/C=C/c1ccccc1)NS(=O)(=O)c1ccc(C)cc1. The fourth-order valence-electron chi connectivity index (χ4n) is 2.56. The number of carbonyl (C=O) groups is 1. The van der Waals surface area contributed by atoms with Crippen LogP contribution in [0.15, 0.2) is 65.6 Å². The smallest absolute Gasteiger partial charge is 0.321 e. The molecule has 0 aliphatic heterocycles. The van der Waals surface area contributed by atoms with Gasteiger partial charge in [0.1, 0.15) is 5.25 Å². The van der Waals surface area contributed by atoms with E-state index in [2.05, 4.69) is 4.72 Å². The summed E-state index contributed by atoms with van der Waals surface area (Å²) in [6.07, 6.45) is 5.25. The quantitative estimate of drug-likeness (QED) is 0.628. The maximum atomic E-state index is 12.9. The summed E-state index contributed by atoms with van der Waals surface area (Å²) in [5, 5.41) is -0.708. The molecule has 2 rings (SSSR count). The Hall–Kier alpha value is -2.09. The van der Waals surface area contributed by atoms with Crippen LogP contribution in [0.1, 0.15) is 18.1 Å². The number of nitrogens with one attached hydrogen (secondary N) is 1. The van der Waals surface area contributed by atoms with Crippen molar-refractivity contribution in [1.82, 2.24) is 4.72 Å². The summed E-state index contributed by atoms with van der Waals surface area (Å²) in [5.74, 6) is -0.454. The second-order valence-corrected chi connectivity index (χ2v) is 8.83. The lowest BCUT2D eigenvalue weighted by Gasteiger charge is -2.22. The molecule has 0 radical (unpaired) electrons. The molecule has 0 amide bonds. The lowest BCUT2D eigenvalue weighted by molar-refractivity contribution is -0.142. The van der Waals surface area contributed by atoms with Gasteiger partial charge in [0.25, 0.3) is 0 Å². The molecule has 7 heteroatoms. The van der Waals surface area contributed by atoms with E-state index < -0.39 is 27.3 Å². The Kier molecular flexibility index (Phi) is 8.29. The van der Waals surface area contributed by atoms with Crippen LogP contribution in [-0.2, 0) is 19.6 Å². The Labute approximate surface area is 171 Å². The zero-order valence-corrected chi connectivity index (χ0v) is 17.8. The Bertz CT molecular complexity index is 894. The van der Waals surface area contributed by atoms with Gasteiger partial charge in [-0.2, -0.15) is 0 Å². The van der Waals surface area contributed by atoms with Crippen molar-refractivity contribution in [2.24, 2.45) is 0 Å². The molecule has 0 bridgehead atoms. The van der Waals surface area contributed by atoms with Crippen LogP contribution in [0.5, 0.6) is 0 Å². The largest absolute Gasteiger partial charge is 0.465 e. The van der Waals surface area contributed by atoms with E-state index in [0.29, 0.717) is 0 Å². The molecule has 1 N–H and O–H groups in total. The van der Waals surface area contributed by atoms with Gasteiger partial charge in [0.15, 0.2) is 0 Å². The zero-order valence-electron chi connectivity index (χ0n) is 16.2. The number of hydrogen-bond donors (Lipinski definition) is 1. The van der Waals surface area contributed by atoms with Gasteiger partial charge in [-0.15, -0.1) is 11.8 Å². The van der Waals surface area contributed by atoms with Crippen molar-refractivity contribution in [3.05, 3.63) is 71.8 Å². The highest BCUT2D eigenvalue weighted by Crippen LogP contribution is 2.19. The maximum absolute atomic E-state index is 12.9. The Balaban J connectivity index is 2.34. The number of aryl methyl sites for hydroxylation is 1. The van der Waals surface area contributed by atoms with Crippen LogP contribution >= 0.6 is 11.8 Å². The minimum Gasteiger partial charge on any atom is -0.465 e. The average molecular weight is 420 g/mol. The summed E-state index contributed by atoms with van der Waals surface area (Å²) in [6.45, 7) is 3.84. The topological polar surface area (TPSA) is 72.5 Å². The molecule has 0 spiro atoms. The van der Waals surface area contributed by atoms with E-state index in [1.165, 1.54) is 11.8 Å². The molecule has 0 heterocycles. The normalized spacial score (nSPS) is 14.0. The first kappa shape index (κ1) is 22.2. The molecule has 0 saturated carbocycles. The van der Waals surface area contributed by atoms with Gasteiger partial charge in [-0.25, -0.2) is 13.1 Å². The van der Waals surface area contributed by atoms with Crippen molar-refractivity contribution in [1.29, 1.82) is 0 Å². The summed E-state index contributed by atoms with van der Waals surface area (Å²) in [7, 11) is -3.81. The number of sulfonamides is 1. The van der Waals surface area contributed by atoms with E-state index in [9.17, 15) is 13.2 Å². The van der Waals surface area contributed by atoms with Crippen molar-refractivity contribution >= 4 is 33.8 Å². The lowest BCUT2D eigenvalue weighted by Crippen LogP contribution is -2.44. The molecular weight excluding hydrogens is 394 g/mol. The van der Waals surface area contributed by atoms with Gasteiger partial charge >= 0.3 is 5.97 Å². The van der Waals surface area contributed by atoms with Crippen molar-refractivity contribution in [2.75, 3.05) is 12.9 Å². The van der Waals surface area contributed by atoms with Gasteiger partial charge in [0.2, 0.25) is 10.0 Å². The van der Waals surface area contributed by atoms with Crippen LogP contribution in [-0.4, -0.2) is 38.5 Å². The summed E-state index contributed by atoms with van der Waals surface area (Å²) >= 11 is 1.25. The third kappa shape index (κ3) is 6.22. The van der Waals surface area contributed by atoms with Gasteiger partial charge in [-0.3, -0.25) is 4.79 Å². The number of thioether (sulfide) groups is 1. The first-order valence-electron chi connectivity index (χ1n) is 8.89. The molecular formula is C21H25NO4S2. The summed E-state index contributed by atoms with van der Waals surface area (Å²) in [4.78, 5) is 12.5. The van der Waals surface area contributed by atoms with E-state index in [4.69, 9.17) is 4.74 Å². The average Bonchev–Trinajstić information content (AvgIpc) is 2.67. The monoisotopic (exact) mass is 419 g/mol. The summed E-state index contributed by atoms with van der Waals surface area (Å²) in [5.41, 5.74) is 1.87. The van der Waals surface area contributed by atoms with E-state index in [1.54, 1.807) is 49.6 Å². The Morgan fingerprint density at radius 1 is 1.14 bits per heavy atom. The molecule has 0 unspecified atom stereocenters. The molecule has 0 saturated heterocycles. The molecule has 5 nitrogen and oxygen atoms in total. The number of benzene rings is 2. The molecule has 0 aliphatic carbocycles. The van der Waals surface area contributed by atoms with Gasteiger partial charge in [0, 0.05) is 0 Å². The van der Waals surface area contributed by atoms with Crippen LogP contribution in [0.25, 0.3) is 6.08 Å². The molecule has 150 valence electrons.